The predicted octanol–water partition coefficient (Wildman–Crippen LogP) is -2.99. The van der Waals surface area contributed by atoms with Crippen LogP contribution in [0.25, 0.3) is 0 Å². The van der Waals surface area contributed by atoms with Crippen molar-refractivity contribution < 1.29 is 57.1 Å². The molecule has 2 atom stereocenters. The minimum absolute atomic E-state index is 0. The zero-order chi connectivity index (χ0) is 19.3. The van der Waals surface area contributed by atoms with E-state index < -0.39 is 45.0 Å². The summed E-state index contributed by atoms with van der Waals surface area (Å²) in [5.41, 5.74) is -0.208. The molecule has 1 heterocycles. The molecule has 2 fully saturated rings. The molecule has 1 aromatic rings. The molecule has 1 saturated carbocycles. The Bertz CT molecular complexity index is 874. The van der Waals surface area contributed by atoms with Gasteiger partial charge in [-0.3, -0.25) is 9.10 Å². The van der Waals surface area contributed by atoms with E-state index in [9.17, 15) is 27.5 Å². The molecule has 0 radical (unpaired) electrons. The number of benzene rings is 1. The van der Waals surface area contributed by atoms with Gasteiger partial charge in [-0.05, 0) is 29.5 Å². The molecule has 0 aromatic heterocycles. The van der Waals surface area contributed by atoms with Crippen LogP contribution in [-0.4, -0.2) is 32.6 Å². The van der Waals surface area contributed by atoms with Gasteiger partial charge in [0.15, 0.2) is 0 Å². The van der Waals surface area contributed by atoms with E-state index in [2.05, 4.69) is 5.32 Å². The van der Waals surface area contributed by atoms with Crippen molar-refractivity contribution in [2.45, 2.75) is 26.8 Å². The quantitative estimate of drug-likeness (QED) is 0.525. The van der Waals surface area contributed by atoms with Gasteiger partial charge >= 0.3 is 29.6 Å². The number of carbonyl (C=O) groups excluding carboxylic acids is 2. The van der Waals surface area contributed by atoms with Crippen molar-refractivity contribution in [2.75, 3.05) is 16.6 Å². The number of carboxylic acid groups (broad SMARTS) is 1. The summed E-state index contributed by atoms with van der Waals surface area (Å²) in [7, 11) is -3.47. The molecule has 7 nitrogen and oxygen atoms in total. The first kappa shape index (κ1) is 22.1. The maximum absolute atomic E-state index is 14.3. The number of anilines is 1. The van der Waals surface area contributed by atoms with Gasteiger partial charge in [-0.1, -0.05) is 19.9 Å². The minimum atomic E-state index is -3.47. The van der Waals surface area contributed by atoms with Crippen LogP contribution in [0.4, 0.5) is 10.1 Å². The van der Waals surface area contributed by atoms with Crippen molar-refractivity contribution in [1.82, 2.24) is 5.32 Å². The first-order chi connectivity index (χ1) is 12.1. The molecule has 0 bridgehead atoms. The van der Waals surface area contributed by atoms with Gasteiger partial charge in [0, 0.05) is 25.0 Å². The van der Waals surface area contributed by atoms with Gasteiger partial charge in [0.25, 0.3) is 0 Å². The number of halogens is 1. The molecular formula is C17H20FN2NaO5S. The first-order valence-electron chi connectivity index (χ1n) is 8.33. The zero-order valence-electron chi connectivity index (χ0n) is 15.5. The summed E-state index contributed by atoms with van der Waals surface area (Å²) in [4.78, 5) is 23.2. The predicted molar refractivity (Wildman–Crippen MR) is 89.8 cm³/mol. The summed E-state index contributed by atoms with van der Waals surface area (Å²) >= 11 is 0. The topological polar surface area (TPSA) is 107 Å². The number of hydrogen-bond donors (Lipinski definition) is 1. The molecule has 1 saturated heterocycles. The van der Waals surface area contributed by atoms with Gasteiger partial charge in [-0.15, -0.1) is 0 Å². The van der Waals surface area contributed by atoms with Crippen LogP contribution in [0, 0.1) is 23.1 Å². The maximum Gasteiger partial charge on any atom is 1.00 e. The first-order valence-corrected chi connectivity index (χ1v) is 9.94. The van der Waals surface area contributed by atoms with Crippen molar-refractivity contribution in [2.24, 2.45) is 17.3 Å². The largest absolute Gasteiger partial charge is 1.00 e. The molecule has 142 valence electrons. The van der Waals surface area contributed by atoms with Crippen molar-refractivity contribution in [3.8, 4) is 0 Å². The van der Waals surface area contributed by atoms with E-state index in [4.69, 9.17) is 0 Å². The normalized spacial score (nSPS) is 24.8. The van der Waals surface area contributed by atoms with Crippen LogP contribution in [0.1, 0.15) is 25.8 Å². The Morgan fingerprint density at radius 1 is 1.33 bits per heavy atom. The van der Waals surface area contributed by atoms with E-state index in [0.717, 1.165) is 4.31 Å². The molecule has 1 aromatic carbocycles. The van der Waals surface area contributed by atoms with E-state index in [1.807, 2.05) is 0 Å². The second-order valence-corrected chi connectivity index (χ2v) is 9.35. The van der Waals surface area contributed by atoms with Crippen LogP contribution in [0.5, 0.6) is 0 Å². The van der Waals surface area contributed by atoms with E-state index in [-0.39, 0.29) is 54.1 Å². The summed E-state index contributed by atoms with van der Waals surface area (Å²) < 4.78 is 39.2. The van der Waals surface area contributed by atoms with Crippen molar-refractivity contribution in [3.63, 3.8) is 0 Å². The number of aliphatic carboxylic acids is 1. The Balaban J connectivity index is 0.00000261. The molecule has 3 rings (SSSR count). The SMILES string of the molecule is CC1(C)[C@H](C(=O)[O-])[C@@H]1C(=O)NCc1ccc(N2CCCS2(=O)=O)c(F)c1.[Na+]. The number of carbonyl (C=O) groups is 2. The Hall–Kier alpha value is -1.16. The van der Waals surface area contributed by atoms with Crippen LogP contribution in [-0.2, 0) is 26.2 Å². The van der Waals surface area contributed by atoms with Gasteiger partial charge in [0.05, 0.1) is 17.4 Å². The van der Waals surface area contributed by atoms with E-state index >= 15 is 0 Å². The van der Waals surface area contributed by atoms with Crippen LogP contribution in [0.3, 0.4) is 0 Å². The molecular weight excluding hydrogens is 386 g/mol. The number of sulfonamides is 1. The fraction of sp³-hybridized carbons (Fsp3) is 0.529. The van der Waals surface area contributed by atoms with Crippen molar-refractivity contribution in [3.05, 3.63) is 29.6 Å². The standard InChI is InChI=1S/C17H21FN2O5S.Na/c1-17(2)13(14(17)16(22)23)15(21)19-9-10-4-5-12(11(18)8-10)20-6-3-7-26(20,24)25;/h4-5,8,13-14H,3,6-7,9H2,1-2H3,(H,19,21)(H,22,23);/q;+1/p-1/t13-,14+;/m1./s1. The monoisotopic (exact) mass is 406 g/mol. The van der Waals surface area contributed by atoms with Gasteiger partial charge in [0.2, 0.25) is 15.9 Å². The number of rotatable bonds is 5. The molecule has 1 amide bonds. The molecule has 1 N–H and O–H groups in total. The third-order valence-corrected chi connectivity index (χ3v) is 7.07. The minimum Gasteiger partial charge on any atom is -0.550 e. The van der Waals surface area contributed by atoms with Crippen LogP contribution in [0.15, 0.2) is 18.2 Å². The molecule has 2 aliphatic rings. The molecule has 0 spiro atoms. The number of nitrogens with zero attached hydrogens (tertiary/aromatic N) is 1. The Labute approximate surface area is 179 Å². The van der Waals surface area contributed by atoms with Gasteiger partial charge in [-0.25, -0.2) is 12.8 Å². The van der Waals surface area contributed by atoms with Crippen molar-refractivity contribution >= 4 is 27.6 Å². The van der Waals surface area contributed by atoms with Gasteiger partial charge in [-0.2, -0.15) is 0 Å². The zero-order valence-corrected chi connectivity index (χ0v) is 18.3. The smallest absolute Gasteiger partial charge is 0.550 e. The second-order valence-electron chi connectivity index (χ2n) is 7.34. The van der Waals surface area contributed by atoms with E-state index in [1.54, 1.807) is 19.9 Å². The fourth-order valence-corrected chi connectivity index (χ4v) is 5.21. The van der Waals surface area contributed by atoms with Crippen LogP contribution >= 0.6 is 0 Å². The summed E-state index contributed by atoms with van der Waals surface area (Å²) in [5, 5.41) is 13.6. The van der Waals surface area contributed by atoms with Gasteiger partial charge in [0.1, 0.15) is 5.82 Å². The number of carboxylic acids is 1. The Kier molecular flexibility index (Phi) is 6.31. The number of hydrogen-bond acceptors (Lipinski definition) is 5. The molecule has 1 aliphatic carbocycles. The molecule has 1 aliphatic heterocycles. The fourth-order valence-electron chi connectivity index (χ4n) is 3.64. The van der Waals surface area contributed by atoms with E-state index in [0.29, 0.717) is 12.0 Å². The molecule has 27 heavy (non-hydrogen) atoms. The average molecular weight is 406 g/mol. The van der Waals surface area contributed by atoms with Gasteiger partial charge < -0.3 is 15.2 Å². The van der Waals surface area contributed by atoms with Crippen molar-refractivity contribution in [1.29, 1.82) is 0 Å². The molecule has 10 heteroatoms. The Morgan fingerprint density at radius 2 is 2.00 bits per heavy atom. The van der Waals surface area contributed by atoms with Crippen LogP contribution in [0.2, 0.25) is 0 Å². The Morgan fingerprint density at radius 3 is 2.48 bits per heavy atom. The summed E-state index contributed by atoms with van der Waals surface area (Å²) in [6.45, 7) is 3.64. The number of amides is 1. The number of nitrogens with one attached hydrogen (secondary N) is 1. The third kappa shape index (κ3) is 4.16. The van der Waals surface area contributed by atoms with Crippen LogP contribution < -0.4 is 44.3 Å². The third-order valence-electron chi connectivity index (χ3n) is 5.21. The van der Waals surface area contributed by atoms with E-state index in [1.165, 1.54) is 12.1 Å². The second kappa shape index (κ2) is 7.69. The molecule has 0 unspecified atom stereocenters. The summed E-state index contributed by atoms with van der Waals surface area (Å²) in [6, 6.07) is 4.10. The summed E-state index contributed by atoms with van der Waals surface area (Å²) in [6.07, 6.45) is 0.455. The average Bonchev–Trinajstić information content (AvgIpc) is 2.95. The summed E-state index contributed by atoms with van der Waals surface area (Å²) in [5.74, 6) is -3.86. The maximum atomic E-state index is 14.3.